The SMILES string of the molecule is CC(=O)CCC(N)C(C)=O.NC(CCC(=O)O)C(=O)O. The summed E-state index contributed by atoms with van der Waals surface area (Å²) in [5.74, 6) is -2.17. The van der Waals surface area contributed by atoms with Gasteiger partial charge in [-0.2, -0.15) is 0 Å². The molecule has 0 aromatic heterocycles. The molecule has 2 unspecified atom stereocenters. The van der Waals surface area contributed by atoms with Crippen molar-refractivity contribution in [2.45, 2.75) is 51.6 Å². The van der Waals surface area contributed by atoms with Crippen LogP contribution in [0.25, 0.3) is 0 Å². The maximum Gasteiger partial charge on any atom is 0.320 e. The first-order valence-corrected chi connectivity index (χ1v) is 6.03. The molecule has 8 nitrogen and oxygen atoms in total. The second kappa shape index (κ2) is 11.1. The third kappa shape index (κ3) is 14.3. The molecule has 0 fully saturated rings. The van der Waals surface area contributed by atoms with Crippen molar-refractivity contribution in [2.24, 2.45) is 11.5 Å². The summed E-state index contributed by atoms with van der Waals surface area (Å²) in [5.41, 5.74) is 10.4. The van der Waals surface area contributed by atoms with Crippen molar-refractivity contribution in [1.82, 2.24) is 0 Å². The molecular weight excluding hydrogens is 268 g/mol. The van der Waals surface area contributed by atoms with E-state index in [1.54, 1.807) is 0 Å². The Hall–Kier alpha value is -1.80. The van der Waals surface area contributed by atoms with Gasteiger partial charge in [0.1, 0.15) is 17.6 Å². The number of aliphatic carboxylic acids is 2. The standard InChI is InChI=1S/C7H13NO2.C5H9NO4/c1-5(9)3-4-7(8)6(2)10;6-3(5(9)10)1-2-4(7)8/h7H,3-4,8H2,1-2H3;3H,1-2,6H2,(H,7,8)(H,9,10). The lowest BCUT2D eigenvalue weighted by molar-refractivity contribution is -0.140. The smallest absolute Gasteiger partial charge is 0.320 e. The third-order valence-corrected chi connectivity index (χ3v) is 2.32. The number of carboxylic acids is 2. The minimum atomic E-state index is -1.17. The molecule has 0 aromatic rings. The van der Waals surface area contributed by atoms with Crippen LogP contribution in [0.4, 0.5) is 0 Å². The number of hydrogen-bond acceptors (Lipinski definition) is 6. The van der Waals surface area contributed by atoms with Gasteiger partial charge in [0.2, 0.25) is 0 Å². The molecule has 0 bridgehead atoms. The first kappa shape index (κ1) is 20.5. The Kier molecular flexibility index (Phi) is 11.3. The van der Waals surface area contributed by atoms with Crippen LogP contribution in [0, 0.1) is 0 Å². The van der Waals surface area contributed by atoms with E-state index in [0.29, 0.717) is 12.8 Å². The molecule has 6 N–H and O–H groups in total. The second-order valence-electron chi connectivity index (χ2n) is 4.33. The van der Waals surface area contributed by atoms with E-state index in [-0.39, 0.29) is 24.4 Å². The molecular formula is C12H22N2O6. The van der Waals surface area contributed by atoms with E-state index in [4.69, 9.17) is 21.7 Å². The van der Waals surface area contributed by atoms with Gasteiger partial charge >= 0.3 is 11.9 Å². The Morgan fingerprint density at radius 1 is 0.900 bits per heavy atom. The van der Waals surface area contributed by atoms with Crippen LogP contribution in [0.15, 0.2) is 0 Å². The van der Waals surface area contributed by atoms with E-state index in [9.17, 15) is 19.2 Å². The van der Waals surface area contributed by atoms with Gasteiger partial charge in [-0.1, -0.05) is 0 Å². The van der Waals surface area contributed by atoms with Crippen molar-refractivity contribution in [3.05, 3.63) is 0 Å². The second-order valence-corrected chi connectivity index (χ2v) is 4.33. The highest BCUT2D eigenvalue weighted by Crippen LogP contribution is 1.95. The van der Waals surface area contributed by atoms with Gasteiger partial charge in [0.05, 0.1) is 6.04 Å². The largest absolute Gasteiger partial charge is 0.481 e. The summed E-state index contributed by atoms with van der Waals surface area (Å²) in [4.78, 5) is 40.8. The maximum atomic E-state index is 10.5. The first-order chi connectivity index (χ1) is 9.07. The molecule has 20 heavy (non-hydrogen) atoms. The maximum absolute atomic E-state index is 10.5. The number of nitrogens with two attached hydrogens (primary N) is 2. The molecule has 0 spiro atoms. The highest BCUT2D eigenvalue weighted by Gasteiger charge is 2.12. The van der Waals surface area contributed by atoms with Crippen molar-refractivity contribution in [3.8, 4) is 0 Å². The highest BCUT2D eigenvalue weighted by atomic mass is 16.4. The summed E-state index contributed by atoms with van der Waals surface area (Å²) in [6, 6.07) is -1.51. The van der Waals surface area contributed by atoms with Crippen LogP contribution >= 0.6 is 0 Å². The van der Waals surface area contributed by atoms with Crippen molar-refractivity contribution in [3.63, 3.8) is 0 Å². The molecule has 0 saturated heterocycles. The van der Waals surface area contributed by atoms with E-state index in [1.807, 2.05) is 0 Å². The lowest BCUT2D eigenvalue weighted by Crippen LogP contribution is -2.30. The molecule has 0 amide bonds. The fraction of sp³-hybridized carbons (Fsp3) is 0.667. The third-order valence-electron chi connectivity index (χ3n) is 2.32. The van der Waals surface area contributed by atoms with Gasteiger partial charge < -0.3 is 26.5 Å². The van der Waals surface area contributed by atoms with E-state index >= 15 is 0 Å². The van der Waals surface area contributed by atoms with Crippen LogP contribution in [0.3, 0.4) is 0 Å². The predicted octanol–water partition coefficient (Wildman–Crippen LogP) is -0.465. The summed E-state index contributed by atoms with van der Waals surface area (Å²) in [7, 11) is 0. The average Bonchev–Trinajstić information content (AvgIpc) is 2.33. The fourth-order valence-electron chi connectivity index (χ4n) is 0.964. The lowest BCUT2D eigenvalue weighted by atomic mass is 10.1. The number of carbonyl (C=O) groups excluding carboxylic acids is 2. The van der Waals surface area contributed by atoms with E-state index < -0.39 is 24.0 Å². The zero-order chi connectivity index (χ0) is 16.3. The van der Waals surface area contributed by atoms with Gasteiger partial charge in [0.25, 0.3) is 0 Å². The van der Waals surface area contributed by atoms with Crippen molar-refractivity contribution >= 4 is 23.5 Å². The topological polar surface area (TPSA) is 161 Å². The lowest BCUT2D eigenvalue weighted by Gasteiger charge is -2.03. The monoisotopic (exact) mass is 290 g/mol. The average molecular weight is 290 g/mol. The highest BCUT2D eigenvalue weighted by molar-refractivity contribution is 5.82. The number of hydrogen-bond donors (Lipinski definition) is 4. The molecule has 2 atom stereocenters. The van der Waals surface area contributed by atoms with Gasteiger partial charge in [-0.3, -0.25) is 14.4 Å². The van der Waals surface area contributed by atoms with Crippen LogP contribution in [0.2, 0.25) is 0 Å². The summed E-state index contributed by atoms with van der Waals surface area (Å²) >= 11 is 0. The zero-order valence-corrected chi connectivity index (χ0v) is 11.7. The van der Waals surface area contributed by atoms with Gasteiger partial charge in [0, 0.05) is 12.8 Å². The van der Waals surface area contributed by atoms with Crippen LogP contribution in [-0.2, 0) is 19.2 Å². The van der Waals surface area contributed by atoms with Gasteiger partial charge in [-0.25, -0.2) is 0 Å². The molecule has 0 saturated carbocycles. The van der Waals surface area contributed by atoms with Gasteiger partial charge in [0.15, 0.2) is 0 Å². The van der Waals surface area contributed by atoms with Crippen LogP contribution in [0.5, 0.6) is 0 Å². The van der Waals surface area contributed by atoms with Crippen molar-refractivity contribution in [2.75, 3.05) is 0 Å². The zero-order valence-electron chi connectivity index (χ0n) is 11.7. The molecule has 8 heteroatoms. The molecule has 0 aliphatic heterocycles. The van der Waals surface area contributed by atoms with Crippen molar-refractivity contribution in [1.29, 1.82) is 0 Å². The summed E-state index contributed by atoms with van der Waals surface area (Å²) < 4.78 is 0. The van der Waals surface area contributed by atoms with E-state index in [2.05, 4.69) is 0 Å². The number of carboxylic acid groups (broad SMARTS) is 2. The van der Waals surface area contributed by atoms with Crippen LogP contribution < -0.4 is 11.5 Å². The predicted molar refractivity (Wildman–Crippen MR) is 71.1 cm³/mol. The molecule has 0 aromatic carbocycles. The van der Waals surface area contributed by atoms with E-state index in [1.165, 1.54) is 13.8 Å². The Bertz CT molecular complexity index is 322. The first-order valence-electron chi connectivity index (χ1n) is 6.03. The minimum Gasteiger partial charge on any atom is -0.481 e. The number of carbonyl (C=O) groups is 4. The molecule has 0 aliphatic rings. The molecule has 116 valence electrons. The summed E-state index contributed by atoms with van der Waals surface area (Å²) in [6.07, 6.45) is 0.656. The Morgan fingerprint density at radius 2 is 1.35 bits per heavy atom. The Balaban J connectivity index is 0. The fourth-order valence-corrected chi connectivity index (χ4v) is 0.964. The molecule has 0 rings (SSSR count). The molecule has 0 radical (unpaired) electrons. The summed E-state index contributed by atoms with van der Waals surface area (Å²) in [5, 5.41) is 16.3. The Labute approximate surface area is 117 Å². The number of rotatable bonds is 8. The van der Waals surface area contributed by atoms with Crippen LogP contribution in [-0.4, -0.2) is 45.8 Å². The minimum absolute atomic E-state index is 0.0231. The normalized spacial score (nSPS) is 12.6. The quantitative estimate of drug-likeness (QED) is 0.466. The molecule has 0 aliphatic carbocycles. The number of Topliss-reactive ketones (excluding diaryl/α,β-unsaturated/α-hetero) is 2. The number of ketones is 2. The summed E-state index contributed by atoms with van der Waals surface area (Å²) in [6.45, 7) is 2.93. The van der Waals surface area contributed by atoms with E-state index in [0.717, 1.165) is 0 Å². The van der Waals surface area contributed by atoms with Gasteiger partial charge in [-0.15, -0.1) is 0 Å². The molecule has 0 heterocycles. The van der Waals surface area contributed by atoms with Crippen LogP contribution in [0.1, 0.15) is 39.5 Å². The van der Waals surface area contributed by atoms with Crippen molar-refractivity contribution < 1.29 is 29.4 Å². The van der Waals surface area contributed by atoms with Gasteiger partial charge in [-0.05, 0) is 26.7 Å². The Morgan fingerprint density at radius 3 is 1.65 bits per heavy atom.